The molecular weight excluding hydrogens is 190 g/mol. The van der Waals surface area contributed by atoms with Gasteiger partial charge in [0.15, 0.2) is 0 Å². The van der Waals surface area contributed by atoms with Crippen LogP contribution in [-0.4, -0.2) is 29.7 Å². The summed E-state index contributed by atoms with van der Waals surface area (Å²) in [7, 11) is 0. The molecule has 3 nitrogen and oxygen atoms in total. The molecule has 3 heteroatoms. The summed E-state index contributed by atoms with van der Waals surface area (Å²) >= 11 is 0. The lowest BCUT2D eigenvalue weighted by Gasteiger charge is -2.26. The van der Waals surface area contributed by atoms with Gasteiger partial charge in [-0.3, -0.25) is 0 Å². The van der Waals surface area contributed by atoms with Gasteiger partial charge in [-0.05, 0) is 40.5 Å². The van der Waals surface area contributed by atoms with Crippen LogP contribution in [0.3, 0.4) is 0 Å². The van der Waals surface area contributed by atoms with Gasteiger partial charge in [0, 0.05) is 13.1 Å². The average Bonchev–Trinajstić information content (AvgIpc) is 2.09. The number of ether oxygens (including phenoxy) is 1. The highest BCUT2D eigenvalue weighted by Crippen LogP contribution is 2.10. The molecule has 0 fully saturated rings. The summed E-state index contributed by atoms with van der Waals surface area (Å²) in [6.07, 6.45) is 3.51. The van der Waals surface area contributed by atoms with Gasteiger partial charge in [-0.1, -0.05) is 6.08 Å². The first kappa shape index (κ1) is 14.0. The molecule has 0 saturated heterocycles. The van der Waals surface area contributed by atoms with E-state index in [1.165, 1.54) is 0 Å². The fourth-order valence-corrected chi connectivity index (χ4v) is 1.13. The second-order valence-corrected chi connectivity index (χ2v) is 4.49. The number of hydrogen-bond acceptors (Lipinski definition) is 2. The van der Waals surface area contributed by atoms with E-state index in [2.05, 4.69) is 6.58 Å². The monoisotopic (exact) mass is 213 g/mol. The molecule has 0 unspecified atom stereocenters. The number of carbonyl (C=O) groups excluding carboxylic acids is 1. The lowest BCUT2D eigenvalue weighted by molar-refractivity contribution is 0.0258. The van der Waals surface area contributed by atoms with E-state index in [1.54, 1.807) is 4.90 Å². The number of rotatable bonds is 5. The zero-order chi connectivity index (χ0) is 11.9. The van der Waals surface area contributed by atoms with Gasteiger partial charge in [0.1, 0.15) is 5.60 Å². The van der Waals surface area contributed by atoms with Crippen LogP contribution in [0.1, 0.15) is 40.5 Å². The van der Waals surface area contributed by atoms with Crippen molar-refractivity contribution in [2.75, 3.05) is 13.1 Å². The van der Waals surface area contributed by atoms with Crippen LogP contribution < -0.4 is 0 Å². The first-order chi connectivity index (χ1) is 6.90. The molecule has 0 rings (SSSR count). The van der Waals surface area contributed by atoms with E-state index in [0.29, 0.717) is 6.54 Å². The highest BCUT2D eigenvalue weighted by atomic mass is 16.6. The van der Waals surface area contributed by atoms with Gasteiger partial charge in [-0.2, -0.15) is 0 Å². The summed E-state index contributed by atoms with van der Waals surface area (Å²) in [5, 5.41) is 0. The second-order valence-electron chi connectivity index (χ2n) is 4.49. The van der Waals surface area contributed by atoms with Crippen LogP contribution in [0, 0.1) is 0 Å². The molecule has 0 saturated carbocycles. The van der Waals surface area contributed by atoms with E-state index in [4.69, 9.17) is 4.74 Å². The molecule has 0 aliphatic carbocycles. The highest BCUT2D eigenvalue weighted by molar-refractivity contribution is 5.68. The summed E-state index contributed by atoms with van der Waals surface area (Å²) in [4.78, 5) is 13.4. The number of amides is 1. The van der Waals surface area contributed by atoms with E-state index in [9.17, 15) is 4.79 Å². The molecule has 1 amide bonds. The smallest absolute Gasteiger partial charge is 0.410 e. The van der Waals surface area contributed by atoms with Crippen LogP contribution in [-0.2, 0) is 4.74 Å². The van der Waals surface area contributed by atoms with E-state index in [0.717, 1.165) is 19.4 Å². The maximum atomic E-state index is 11.7. The quantitative estimate of drug-likeness (QED) is 0.518. The fourth-order valence-electron chi connectivity index (χ4n) is 1.13. The Hall–Kier alpha value is -0.990. The minimum Gasteiger partial charge on any atom is -0.444 e. The molecule has 0 aromatic rings. The van der Waals surface area contributed by atoms with Crippen LogP contribution in [0.25, 0.3) is 0 Å². The van der Waals surface area contributed by atoms with Crippen LogP contribution in [0.2, 0.25) is 0 Å². The molecule has 0 aromatic heterocycles. The number of unbranched alkanes of at least 4 members (excludes halogenated alkanes) is 1. The van der Waals surface area contributed by atoms with E-state index in [1.807, 2.05) is 33.8 Å². The Morgan fingerprint density at radius 1 is 1.47 bits per heavy atom. The van der Waals surface area contributed by atoms with E-state index >= 15 is 0 Å². The molecule has 0 bridgehead atoms. The Morgan fingerprint density at radius 2 is 2.07 bits per heavy atom. The largest absolute Gasteiger partial charge is 0.444 e. The third kappa shape index (κ3) is 7.00. The molecular formula is C12H23NO2. The molecule has 88 valence electrons. The number of carbonyl (C=O) groups is 1. The Morgan fingerprint density at radius 3 is 2.47 bits per heavy atom. The van der Waals surface area contributed by atoms with Crippen molar-refractivity contribution < 1.29 is 9.53 Å². The van der Waals surface area contributed by atoms with E-state index in [-0.39, 0.29) is 6.09 Å². The third-order valence-electron chi connectivity index (χ3n) is 1.87. The minimum atomic E-state index is -0.414. The third-order valence-corrected chi connectivity index (χ3v) is 1.87. The van der Waals surface area contributed by atoms with Crippen LogP contribution in [0.4, 0.5) is 4.79 Å². The predicted octanol–water partition coefficient (Wildman–Crippen LogP) is 3.21. The molecule has 0 spiro atoms. The summed E-state index contributed by atoms with van der Waals surface area (Å²) < 4.78 is 5.28. The molecule has 0 radical (unpaired) electrons. The van der Waals surface area contributed by atoms with Crippen LogP contribution in [0.15, 0.2) is 12.7 Å². The normalized spacial score (nSPS) is 10.9. The Balaban J connectivity index is 4.04. The first-order valence-corrected chi connectivity index (χ1v) is 5.49. The van der Waals surface area contributed by atoms with Crippen molar-refractivity contribution in [3.63, 3.8) is 0 Å². The molecule has 0 N–H and O–H groups in total. The Kier molecular flexibility index (Phi) is 6.06. The van der Waals surface area contributed by atoms with Gasteiger partial charge >= 0.3 is 6.09 Å². The summed E-state index contributed by atoms with van der Waals surface area (Å²) in [6.45, 7) is 12.7. The fraction of sp³-hybridized carbons (Fsp3) is 0.750. The van der Waals surface area contributed by atoms with E-state index < -0.39 is 5.60 Å². The number of hydrogen-bond donors (Lipinski definition) is 0. The number of nitrogens with zero attached hydrogens (tertiary/aromatic N) is 1. The molecule has 0 aliphatic heterocycles. The zero-order valence-corrected chi connectivity index (χ0v) is 10.4. The van der Waals surface area contributed by atoms with Crippen LogP contribution >= 0.6 is 0 Å². The molecule has 0 heterocycles. The summed E-state index contributed by atoms with van der Waals surface area (Å²) in [6, 6.07) is 0. The second kappa shape index (κ2) is 6.49. The van der Waals surface area contributed by atoms with Crippen molar-refractivity contribution in [1.82, 2.24) is 4.90 Å². The van der Waals surface area contributed by atoms with Gasteiger partial charge in [0.25, 0.3) is 0 Å². The minimum absolute atomic E-state index is 0.228. The zero-order valence-electron chi connectivity index (χ0n) is 10.4. The first-order valence-electron chi connectivity index (χ1n) is 5.49. The summed E-state index contributed by atoms with van der Waals surface area (Å²) in [5.41, 5.74) is -0.414. The Bertz CT molecular complexity index is 206. The van der Waals surface area contributed by atoms with Crippen molar-refractivity contribution >= 4 is 6.09 Å². The van der Waals surface area contributed by atoms with Crippen molar-refractivity contribution in [3.8, 4) is 0 Å². The van der Waals surface area contributed by atoms with Crippen molar-refractivity contribution in [1.29, 1.82) is 0 Å². The van der Waals surface area contributed by atoms with Gasteiger partial charge < -0.3 is 9.64 Å². The SMILES string of the molecule is C=CCCCN(CC)C(=O)OC(C)(C)C. The van der Waals surface area contributed by atoms with Crippen LogP contribution in [0.5, 0.6) is 0 Å². The molecule has 15 heavy (non-hydrogen) atoms. The Labute approximate surface area is 93.1 Å². The van der Waals surface area contributed by atoms with Crippen molar-refractivity contribution in [2.24, 2.45) is 0 Å². The molecule has 0 aromatic carbocycles. The lowest BCUT2D eigenvalue weighted by atomic mass is 10.2. The highest BCUT2D eigenvalue weighted by Gasteiger charge is 2.20. The maximum Gasteiger partial charge on any atom is 0.410 e. The van der Waals surface area contributed by atoms with Gasteiger partial charge in [-0.25, -0.2) is 4.79 Å². The molecule has 0 aliphatic rings. The average molecular weight is 213 g/mol. The van der Waals surface area contributed by atoms with Gasteiger partial charge in [-0.15, -0.1) is 6.58 Å². The van der Waals surface area contributed by atoms with Gasteiger partial charge in [0.05, 0.1) is 0 Å². The topological polar surface area (TPSA) is 29.5 Å². The number of allylic oxidation sites excluding steroid dienone is 1. The maximum absolute atomic E-state index is 11.7. The lowest BCUT2D eigenvalue weighted by Crippen LogP contribution is -2.37. The molecule has 0 atom stereocenters. The summed E-state index contributed by atoms with van der Waals surface area (Å²) in [5.74, 6) is 0. The van der Waals surface area contributed by atoms with Crippen molar-refractivity contribution in [3.05, 3.63) is 12.7 Å². The van der Waals surface area contributed by atoms with Crippen molar-refractivity contribution in [2.45, 2.75) is 46.1 Å². The predicted molar refractivity (Wildman–Crippen MR) is 62.9 cm³/mol. The van der Waals surface area contributed by atoms with Gasteiger partial charge in [0.2, 0.25) is 0 Å². The standard InChI is InChI=1S/C12H23NO2/c1-6-8-9-10-13(7-2)11(14)15-12(3,4)5/h6H,1,7-10H2,2-5H3.